The molecule has 0 spiro atoms. The number of benzene rings is 2. The molecule has 1 fully saturated rings. The van der Waals surface area contributed by atoms with Gasteiger partial charge in [0, 0.05) is 19.2 Å². The lowest BCUT2D eigenvalue weighted by atomic mass is 9.93. The molecule has 0 saturated carbocycles. The highest BCUT2D eigenvalue weighted by Crippen LogP contribution is 2.31. The molecule has 3 rings (SSSR count). The molecular formula is C24H28FN3O5S. The molecule has 0 aliphatic carbocycles. The monoisotopic (exact) mass is 489 g/mol. The molecule has 10 heteroatoms. The van der Waals surface area contributed by atoms with Crippen LogP contribution in [0.2, 0.25) is 0 Å². The molecule has 1 N–H and O–H groups in total. The van der Waals surface area contributed by atoms with Gasteiger partial charge in [-0.3, -0.25) is 0 Å². The van der Waals surface area contributed by atoms with Gasteiger partial charge in [0.05, 0.1) is 10.5 Å². The number of halogens is 1. The molecule has 1 heterocycles. The SMILES string of the molecule is Cc1ccc(S(=O)(=O)N2CC(COc3ccc(C#N)c(F)c3)(NC(=O)OC(C)(C)C)C2)c(C)c1. The number of sulfonamides is 1. The van der Waals surface area contributed by atoms with E-state index in [0.29, 0.717) is 5.56 Å². The predicted molar refractivity (Wildman–Crippen MR) is 123 cm³/mol. The highest BCUT2D eigenvalue weighted by Gasteiger charge is 2.51. The molecule has 2 aromatic rings. The number of carbonyl (C=O) groups excluding carboxylic acids is 1. The number of aryl methyl sites for hydroxylation is 2. The third-order valence-electron chi connectivity index (χ3n) is 5.25. The molecule has 1 aliphatic rings. The maximum Gasteiger partial charge on any atom is 0.408 e. The molecule has 8 nitrogen and oxygen atoms in total. The van der Waals surface area contributed by atoms with Crippen LogP contribution in [0.4, 0.5) is 9.18 Å². The van der Waals surface area contributed by atoms with Crippen molar-refractivity contribution in [3.8, 4) is 11.8 Å². The number of alkyl carbamates (subject to hydrolysis) is 1. The minimum Gasteiger partial charge on any atom is -0.491 e. The topological polar surface area (TPSA) is 109 Å². The molecule has 34 heavy (non-hydrogen) atoms. The average Bonchev–Trinajstić information content (AvgIpc) is 2.67. The van der Waals surface area contributed by atoms with Crippen LogP contribution in [0.25, 0.3) is 0 Å². The molecule has 0 atom stereocenters. The third-order valence-corrected chi connectivity index (χ3v) is 7.20. The summed E-state index contributed by atoms with van der Waals surface area (Å²) in [5.74, 6) is -0.584. The van der Waals surface area contributed by atoms with Crippen LogP contribution >= 0.6 is 0 Å². The van der Waals surface area contributed by atoms with Gasteiger partial charge in [0.15, 0.2) is 0 Å². The van der Waals surface area contributed by atoms with Crippen molar-refractivity contribution in [1.29, 1.82) is 5.26 Å². The van der Waals surface area contributed by atoms with Gasteiger partial charge in [-0.1, -0.05) is 17.7 Å². The maximum absolute atomic E-state index is 14.0. The zero-order chi connectivity index (χ0) is 25.3. The van der Waals surface area contributed by atoms with Crippen molar-refractivity contribution in [3.63, 3.8) is 0 Å². The molecule has 2 aromatic carbocycles. The summed E-state index contributed by atoms with van der Waals surface area (Å²) in [5.41, 5.74) is -0.385. The Morgan fingerprint density at radius 3 is 2.44 bits per heavy atom. The number of carbonyl (C=O) groups is 1. The smallest absolute Gasteiger partial charge is 0.408 e. The number of hydrogen-bond donors (Lipinski definition) is 1. The second-order valence-corrected chi connectivity index (χ2v) is 11.4. The average molecular weight is 490 g/mol. The van der Waals surface area contributed by atoms with Crippen LogP contribution in [-0.2, 0) is 14.8 Å². The molecule has 1 amide bonds. The van der Waals surface area contributed by atoms with Crippen LogP contribution in [0.1, 0.15) is 37.5 Å². The Kier molecular flexibility index (Phi) is 6.92. The van der Waals surface area contributed by atoms with Crippen LogP contribution in [0.5, 0.6) is 5.75 Å². The van der Waals surface area contributed by atoms with Gasteiger partial charge in [0.2, 0.25) is 10.0 Å². The molecule has 0 bridgehead atoms. The fraction of sp³-hybridized carbons (Fsp3) is 0.417. The van der Waals surface area contributed by atoms with Crippen molar-refractivity contribution in [2.24, 2.45) is 0 Å². The molecule has 0 aromatic heterocycles. The van der Waals surface area contributed by atoms with Crippen molar-refractivity contribution in [2.45, 2.75) is 50.7 Å². The van der Waals surface area contributed by atoms with Crippen molar-refractivity contribution < 1.29 is 27.1 Å². The Bertz CT molecular complexity index is 1240. The Balaban J connectivity index is 1.80. The standard InChI is InChI=1S/C24H28FN3O5S/c1-16-6-9-21(17(2)10-16)34(30,31)28-13-24(14-28,27-22(29)33-23(3,4)5)15-32-19-8-7-18(12-26)20(25)11-19/h6-11H,13-15H2,1-5H3,(H,27,29). The minimum atomic E-state index is -3.80. The number of ether oxygens (including phenoxy) is 2. The quantitative estimate of drug-likeness (QED) is 0.663. The fourth-order valence-corrected chi connectivity index (χ4v) is 5.47. The summed E-state index contributed by atoms with van der Waals surface area (Å²) in [6.45, 7) is 8.52. The van der Waals surface area contributed by atoms with E-state index >= 15 is 0 Å². The van der Waals surface area contributed by atoms with Gasteiger partial charge in [-0.15, -0.1) is 0 Å². The van der Waals surface area contributed by atoms with E-state index in [4.69, 9.17) is 14.7 Å². The lowest BCUT2D eigenvalue weighted by Gasteiger charge is -2.48. The number of amides is 1. The normalized spacial score (nSPS) is 15.7. The Morgan fingerprint density at radius 1 is 1.21 bits per heavy atom. The fourth-order valence-electron chi connectivity index (χ4n) is 3.65. The number of rotatable bonds is 6. The summed E-state index contributed by atoms with van der Waals surface area (Å²) in [5, 5.41) is 11.6. The van der Waals surface area contributed by atoms with Crippen LogP contribution in [0.3, 0.4) is 0 Å². The number of hydrogen-bond acceptors (Lipinski definition) is 6. The second-order valence-electron chi connectivity index (χ2n) is 9.49. The van der Waals surface area contributed by atoms with Crippen molar-refractivity contribution in [3.05, 3.63) is 58.9 Å². The maximum atomic E-state index is 14.0. The van der Waals surface area contributed by atoms with Crippen molar-refractivity contribution in [2.75, 3.05) is 19.7 Å². The third kappa shape index (κ3) is 5.66. The van der Waals surface area contributed by atoms with Gasteiger partial charge < -0.3 is 14.8 Å². The zero-order valence-corrected chi connectivity index (χ0v) is 20.6. The van der Waals surface area contributed by atoms with Gasteiger partial charge in [-0.05, 0) is 58.4 Å². The van der Waals surface area contributed by atoms with Crippen LogP contribution in [0.15, 0.2) is 41.3 Å². The zero-order valence-electron chi connectivity index (χ0n) is 19.8. The van der Waals surface area contributed by atoms with E-state index in [2.05, 4.69) is 5.32 Å². The van der Waals surface area contributed by atoms with Crippen molar-refractivity contribution in [1.82, 2.24) is 9.62 Å². The summed E-state index contributed by atoms with van der Waals surface area (Å²) in [6.07, 6.45) is -0.717. The van der Waals surface area contributed by atoms with Gasteiger partial charge in [-0.25, -0.2) is 17.6 Å². The Labute approximate surface area is 199 Å². The lowest BCUT2D eigenvalue weighted by Crippen LogP contribution is -2.73. The first kappa shape index (κ1) is 25.5. The van der Waals surface area contributed by atoms with E-state index in [1.165, 1.54) is 16.4 Å². The van der Waals surface area contributed by atoms with Gasteiger partial charge in [-0.2, -0.15) is 9.57 Å². The van der Waals surface area contributed by atoms with E-state index in [9.17, 15) is 17.6 Å². The summed E-state index contributed by atoms with van der Waals surface area (Å²) in [6, 6.07) is 10.6. The number of nitrogens with one attached hydrogen (secondary N) is 1. The van der Waals surface area contributed by atoms with E-state index in [0.717, 1.165) is 11.6 Å². The molecule has 0 radical (unpaired) electrons. The number of nitriles is 1. The summed E-state index contributed by atoms with van der Waals surface area (Å²) in [4.78, 5) is 12.7. The van der Waals surface area contributed by atoms with E-state index in [-0.39, 0.29) is 35.9 Å². The molecule has 1 aliphatic heterocycles. The largest absolute Gasteiger partial charge is 0.491 e. The van der Waals surface area contributed by atoms with Crippen molar-refractivity contribution >= 4 is 16.1 Å². The highest BCUT2D eigenvalue weighted by molar-refractivity contribution is 7.89. The summed E-state index contributed by atoms with van der Waals surface area (Å²) in [7, 11) is -3.80. The van der Waals surface area contributed by atoms with E-state index in [1.54, 1.807) is 52.0 Å². The summed E-state index contributed by atoms with van der Waals surface area (Å²) >= 11 is 0. The first-order chi connectivity index (χ1) is 15.7. The van der Waals surface area contributed by atoms with E-state index < -0.39 is 33.1 Å². The van der Waals surface area contributed by atoms with Crippen LogP contribution in [0, 0.1) is 31.0 Å². The van der Waals surface area contributed by atoms with E-state index in [1.807, 2.05) is 6.92 Å². The summed E-state index contributed by atoms with van der Waals surface area (Å²) < 4.78 is 52.6. The Morgan fingerprint density at radius 2 is 1.88 bits per heavy atom. The molecule has 182 valence electrons. The van der Waals surface area contributed by atoms with Gasteiger partial charge in [0.25, 0.3) is 0 Å². The molecule has 1 saturated heterocycles. The molecule has 0 unspecified atom stereocenters. The minimum absolute atomic E-state index is 0.0549. The van der Waals surface area contributed by atoms with Crippen LogP contribution in [-0.4, -0.2) is 49.7 Å². The van der Waals surface area contributed by atoms with Crippen LogP contribution < -0.4 is 10.1 Å². The predicted octanol–water partition coefficient (Wildman–Crippen LogP) is 3.66. The Hall–Kier alpha value is -3.16. The first-order valence-corrected chi connectivity index (χ1v) is 12.1. The second kappa shape index (κ2) is 9.24. The lowest BCUT2D eigenvalue weighted by molar-refractivity contribution is 0.0186. The highest BCUT2D eigenvalue weighted by atomic mass is 32.2. The number of nitrogens with zero attached hydrogens (tertiary/aromatic N) is 2. The molecular weight excluding hydrogens is 461 g/mol. The first-order valence-electron chi connectivity index (χ1n) is 10.7. The van der Waals surface area contributed by atoms with Gasteiger partial charge >= 0.3 is 6.09 Å². The van der Waals surface area contributed by atoms with Gasteiger partial charge in [0.1, 0.15) is 35.4 Å².